The van der Waals surface area contributed by atoms with E-state index in [9.17, 15) is 81.4 Å². The smallest absolute Gasteiger partial charge is 0.317 e. The highest BCUT2D eigenvalue weighted by Crippen LogP contribution is 2.77. The van der Waals surface area contributed by atoms with Gasteiger partial charge in [-0.2, -0.15) is 0 Å². The summed E-state index contributed by atoms with van der Waals surface area (Å²) in [7, 11) is 0. The van der Waals surface area contributed by atoms with Crippen LogP contribution in [-0.4, -0.2) is 275 Å². The second-order valence-corrected chi connectivity index (χ2v) is 27.9. The van der Waals surface area contributed by atoms with Crippen LogP contribution in [0.5, 0.6) is 0 Å². The van der Waals surface area contributed by atoms with E-state index in [0.717, 1.165) is 5.57 Å². The lowest BCUT2D eigenvalue weighted by Crippen LogP contribution is -2.70. The first-order valence-corrected chi connectivity index (χ1v) is 29.9. The number of aliphatic hydroxyl groups is 15. The molecule has 10 fully saturated rings. The van der Waals surface area contributed by atoms with Crippen molar-refractivity contribution in [1.82, 2.24) is 0 Å². The fraction of sp³-hybridized carbons (Fsp3) is 0.930. The lowest BCUT2D eigenvalue weighted by Gasteiger charge is -2.71. The Labute approximate surface area is 490 Å². The molecule has 0 unspecified atom stereocenters. The third kappa shape index (κ3) is 9.84. The van der Waals surface area contributed by atoms with E-state index >= 15 is 4.79 Å². The minimum atomic E-state index is -2.08. The molecular formula is C57H88O28. The summed E-state index contributed by atoms with van der Waals surface area (Å²) in [4.78, 5) is 29.7. The van der Waals surface area contributed by atoms with E-state index < -0.39 is 237 Å². The van der Waals surface area contributed by atoms with Gasteiger partial charge in [0.15, 0.2) is 31.3 Å². The van der Waals surface area contributed by atoms with Crippen molar-refractivity contribution < 1.29 is 138 Å². The molecule has 6 heterocycles. The van der Waals surface area contributed by atoms with Gasteiger partial charge >= 0.3 is 11.9 Å². The van der Waals surface area contributed by atoms with E-state index in [4.69, 9.17) is 52.1 Å². The molecular weight excluding hydrogens is 1130 g/mol. The van der Waals surface area contributed by atoms with Crippen LogP contribution < -0.4 is 0 Å². The molecule has 0 aromatic heterocycles. The Morgan fingerprint density at radius 3 is 1.99 bits per heavy atom. The van der Waals surface area contributed by atoms with Crippen LogP contribution in [0.25, 0.3) is 0 Å². The Bertz CT molecular complexity index is 2490. The van der Waals surface area contributed by atoms with Crippen LogP contribution in [0.3, 0.4) is 0 Å². The van der Waals surface area contributed by atoms with E-state index in [0.29, 0.717) is 32.1 Å². The van der Waals surface area contributed by atoms with Crippen molar-refractivity contribution in [2.75, 3.05) is 39.6 Å². The summed E-state index contributed by atoms with van der Waals surface area (Å²) in [5.41, 5.74) is -6.74. The standard InChI is InChI=1S/C57H88O28/c1-22-39(81-44-38(70)40(26(62)18-75-44)82-48-42(71)55(74,19-59)21-77-48)35(67)37(69)45(78-22)83-41-32(64)25(61)17-76-47(41)85-49(72)56-12-11-51(2,3)13-24(56)23-7-8-29-52(4)14-27-43(84-46-36(68)34(66)33(65)28(16-58)79-46)57(20-60,50(73)80-27)30(52)9-10-53(29,5)54(23,6)15-31(56)63/h7,22,24-48,58-71,74H,8-21H2,1-6H3/t22-,24-,25+,26-,27-,28+,29+,30+,31-,32+,33+,34-,35-,36+,37-,38-,39-,40-,41-,42+,43-,44+,45-,46-,47+,48+,52+,53-,54-,55+,56+,57+/m1/s1. The second-order valence-electron chi connectivity index (χ2n) is 27.9. The normalized spacial score (nSPS) is 55.5. The molecule has 11 rings (SSSR count). The minimum Gasteiger partial charge on any atom is -0.459 e. The zero-order valence-electron chi connectivity index (χ0n) is 48.5. The summed E-state index contributed by atoms with van der Waals surface area (Å²) < 4.78 is 64.8. The Morgan fingerprint density at radius 2 is 1.31 bits per heavy atom. The zero-order valence-corrected chi connectivity index (χ0v) is 48.5. The van der Waals surface area contributed by atoms with Crippen molar-refractivity contribution in [2.24, 2.45) is 50.2 Å². The first-order chi connectivity index (χ1) is 39.9. The SMILES string of the molecule is C[C@H]1O[C@H](O[C@H]2[C@H](OC(=O)[C@@]34CCC(C)(C)C[C@@H]3C3=CC[C@H]5[C@]6(C)C[C@H]7OC(=O)[C@](CO)([C@@H]7O[C@H]7O[C@@H](CO)[C@H](O)[C@@H](O)[C@@H]7O)[C@H]6CC[C@@]5(C)[C@]3(C)C[C@H]4O)OC[C@H](O)[C@@H]2O)[C@H](O)[C@@H](O)[C@@H]1O[C@@H]1OC[C@@H](O)[C@@H](O[C@@H]2OC[C@@](O)(CO)[C@H]2O)[C@H]1O. The predicted molar refractivity (Wildman–Crippen MR) is 278 cm³/mol. The Kier molecular flexibility index (Phi) is 17.3. The summed E-state index contributed by atoms with van der Waals surface area (Å²) in [5, 5.41) is 164. The quantitative estimate of drug-likeness (QED) is 0.0467. The molecule has 0 radical (unpaired) electrons. The van der Waals surface area contributed by atoms with Gasteiger partial charge in [-0.15, -0.1) is 0 Å². The molecule has 0 aromatic rings. The van der Waals surface area contributed by atoms with Crippen molar-refractivity contribution in [3.63, 3.8) is 0 Å². The van der Waals surface area contributed by atoms with Crippen LogP contribution in [-0.2, 0) is 61.7 Å². The summed E-state index contributed by atoms with van der Waals surface area (Å²) >= 11 is 0. The molecule has 6 aliphatic heterocycles. The third-order valence-corrected chi connectivity index (χ3v) is 22.8. The number of carbonyl (C=O) groups is 2. The average Bonchev–Trinajstić information content (AvgIpc) is 1.61. The van der Waals surface area contributed by atoms with E-state index in [1.165, 1.54) is 6.92 Å². The van der Waals surface area contributed by atoms with Crippen LogP contribution in [0.4, 0.5) is 0 Å². The van der Waals surface area contributed by atoms with Gasteiger partial charge in [0.2, 0.25) is 6.29 Å². The van der Waals surface area contributed by atoms with Gasteiger partial charge in [0, 0.05) is 0 Å². The van der Waals surface area contributed by atoms with Gasteiger partial charge in [0.25, 0.3) is 0 Å². The van der Waals surface area contributed by atoms with Crippen molar-refractivity contribution >= 4 is 11.9 Å². The van der Waals surface area contributed by atoms with E-state index in [1.54, 1.807) is 0 Å². The number of carbonyl (C=O) groups excluding carboxylic acids is 2. The Hall–Kier alpha value is -2.28. The number of rotatable bonds is 13. The summed E-state index contributed by atoms with van der Waals surface area (Å²) in [5.74, 6) is -2.85. The van der Waals surface area contributed by atoms with E-state index in [-0.39, 0.29) is 30.6 Å². The summed E-state index contributed by atoms with van der Waals surface area (Å²) in [6.45, 7) is 8.22. The van der Waals surface area contributed by atoms with Crippen molar-refractivity contribution in [3.8, 4) is 0 Å². The van der Waals surface area contributed by atoms with Gasteiger partial charge in [-0.1, -0.05) is 46.3 Å². The Morgan fingerprint density at radius 1 is 0.647 bits per heavy atom. The first-order valence-electron chi connectivity index (χ1n) is 29.9. The molecule has 0 amide bonds. The van der Waals surface area contributed by atoms with Crippen molar-refractivity contribution in [1.29, 1.82) is 0 Å². The molecule has 32 atom stereocenters. The van der Waals surface area contributed by atoms with E-state index in [2.05, 4.69) is 40.7 Å². The number of aliphatic hydroxyl groups excluding tert-OH is 14. The fourth-order valence-corrected chi connectivity index (χ4v) is 17.7. The molecule has 484 valence electrons. The molecule has 85 heavy (non-hydrogen) atoms. The number of esters is 2. The summed E-state index contributed by atoms with van der Waals surface area (Å²) in [6, 6.07) is 0. The number of hydrogen-bond acceptors (Lipinski definition) is 28. The first kappa shape index (κ1) is 64.3. The predicted octanol–water partition coefficient (Wildman–Crippen LogP) is -4.81. The fourth-order valence-electron chi connectivity index (χ4n) is 17.7. The molecule has 11 aliphatic rings. The molecule has 5 aliphatic carbocycles. The van der Waals surface area contributed by atoms with Gasteiger partial charge in [0.05, 0.1) is 51.8 Å². The highest BCUT2D eigenvalue weighted by atomic mass is 16.8. The number of fused-ring (bicyclic) bond motifs is 10. The molecule has 0 spiro atoms. The van der Waals surface area contributed by atoms with Crippen LogP contribution in [0.15, 0.2) is 11.6 Å². The molecule has 4 saturated carbocycles. The molecule has 28 heteroatoms. The zero-order chi connectivity index (χ0) is 61.6. The number of allylic oxidation sites excluding steroid dienone is 2. The molecule has 28 nitrogen and oxygen atoms in total. The van der Waals surface area contributed by atoms with E-state index in [1.807, 2.05) is 0 Å². The second kappa shape index (κ2) is 22.8. The van der Waals surface area contributed by atoms with Crippen LogP contribution in [0.2, 0.25) is 0 Å². The highest BCUT2D eigenvalue weighted by Gasteiger charge is 2.77. The average molecular weight is 1220 g/mol. The van der Waals surface area contributed by atoms with Gasteiger partial charge < -0.3 is 129 Å². The monoisotopic (exact) mass is 1220 g/mol. The minimum absolute atomic E-state index is 0.101. The highest BCUT2D eigenvalue weighted by molar-refractivity contribution is 5.82. The van der Waals surface area contributed by atoms with Crippen molar-refractivity contribution in [3.05, 3.63) is 11.6 Å². The van der Waals surface area contributed by atoms with Crippen LogP contribution in [0, 0.1) is 50.2 Å². The maximum Gasteiger partial charge on any atom is 0.317 e. The number of ether oxygens (including phenoxy) is 11. The van der Waals surface area contributed by atoms with Crippen LogP contribution in [0.1, 0.15) is 92.9 Å². The van der Waals surface area contributed by atoms with Crippen LogP contribution >= 0.6 is 0 Å². The maximum atomic E-state index is 15.4. The van der Waals surface area contributed by atoms with Gasteiger partial charge in [-0.25, -0.2) is 0 Å². The molecule has 6 saturated heterocycles. The lowest BCUT2D eigenvalue weighted by molar-refractivity contribution is -0.372. The molecule has 2 bridgehead atoms. The Balaban J connectivity index is 0.810. The maximum absolute atomic E-state index is 15.4. The molecule has 0 aromatic carbocycles. The molecule has 15 N–H and O–H groups in total. The van der Waals surface area contributed by atoms with Gasteiger partial charge in [-0.05, 0) is 97.7 Å². The largest absolute Gasteiger partial charge is 0.459 e. The van der Waals surface area contributed by atoms with Crippen molar-refractivity contribution in [2.45, 2.75) is 240 Å². The number of hydrogen-bond donors (Lipinski definition) is 15. The lowest BCUT2D eigenvalue weighted by atomic mass is 9.33. The topological polar surface area (TPSA) is 439 Å². The van der Waals surface area contributed by atoms with Gasteiger partial charge in [0.1, 0.15) is 108 Å². The summed E-state index contributed by atoms with van der Waals surface area (Å²) in [6.07, 6.45) is -31.6. The third-order valence-electron chi connectivity index (χ3n) is 22.8. The van der Waals surface area contributed by atoms with Gasteiger partial charge in [-0.3, -0.25) is 9.59 Å².